The van der Waals surface area contributed by atoms with Gasteiger partial charge >= 0.3 is 0 Å². The number of fused-ring (bicyclic) bond motifs is 1. The van der Waals surface area contributed by atoms with Crippen LogP contribution in [0.3, 0.4) is 0 Å². The number of pyridine rings is 1. The van der Waals surface area contributed by atoms with Crippen LogP contribution in [0.1, 0.15) is 24.8 Å². The van der Waals surface area contributed by atoms with Gasteiger partial charge in [0.25, 0.3) is 0 Å². The lowest BCUT2D eigenvalue weighted by molar-refractivity contribution is 0.206. The van der Waals surface area contributed by atoms with E-state index in [-0.39, 0.29) is 0 Å². The summed E-state index contributed by atoms with van der Waals surface area (Å²) in [5.74, 6) is 2.52. The van der Waals surface area contributed by atoms with Crippen molar-refractivity contribution in [1.29, 1.82) is 0 Å². The number of hydrogen-bond donors (Lipinski definition) is 1. The highest BCUT2D eigenvalue weighted by Gasteiger charge is 2.38. The van der Waals surface area contributed by atoms with Crippen molar-refractivity contribution in [3.8, 4) is 0 Å². The molecule has 0 radical (unpaired) electrons. The minimum absolute atomic E-state index is 0.411. The lowest BCUT2D eigenvalue weighted by atomic mass is 9.78. The Morgan fingerprint density at radius 3 is 2.91 bits per heavy atom. The van der Waals surface area contributed by atoms with E-state index in [0.717, 1.165) is 38.0 Å². The molecule has 3 rings (SSSR count). The maximum atomic E-state index is 6.31. The van der Waals surface area contributed by atoms with E-state index in [4.69, 9.17) is 10.5 Å². The Labute approximate surface area is 139 Å². The molecule has 3 atom stereocenters. The van der Waals surface area contributed by atoms with E-state index in [1.165, 1.54) is 31.4 Å². The molecule has 0 bridgehead atoms. The topological polar surface area (TPSA) is 54.6 Å². The Hall–Kier alpha value is -1.17. The molecule has 2 aliphatic rings. The highest BCUT2D eigenvalue weighted by molar-refractivity contribution is 5.38. The van der Waals surface area contributed by atoms with Gasteiger partial charge in [0.1, 0.15) is 5.82 Å². The van der Waals surface area contributed by atoms with Gasteiger partial charge in [0.05, 0.1) is 6.61 Å². The molecule has 5 heteroatoms. The molecule has 2 fully saturated rings. The molecule has 1 saturated carbocycles. The molecule has 0 amide bonds. The Morgan fingerprint density at radius 2 is 2.22 bits per heavy atom. The number of likely N-dealkylation sites (N-methyl/N-ethyl adjacent to an activating group) is 1. The van der Waals surface area contributed by atoms with E-state index in [2.05, 4.69) is 26.9 Å². The van der Waals surface area contributed by atoms with Crippen molar-refractivity contribution in [2.45, 2.75) is 31.8 Å². The lowest BCUT2D eigenvalue weighted by Gasteiger charge is -2.29. The molecule has 128 valence electrons. The van der Waals surface area contributed by atoms with Gasteiger partial charge < -0.3 is 15.4 Å². The first-order chi connectivity index (χ1) is 11.2. The summed E-state index contributed by atoms with van der Waals surface area (Å²) in [5.41, 5.74) is 7.61. The maximum absolute atomic E-state index is 6.31. The predicted molar refractivity (Wildman–Crippen MR) is 93.5 cm³/mol. The fourth-order valence-electron chi connectivity index (χ4n) is 4.08. The van der Waals surface area contributed by atoms with E-state index in [1.807, 2.05) is 13.2 Å². The van der Waals surface area contributed by atoms with Gasteiger partial charge in [-0.3, -0.25) is 4.90 Å². The lowest BCUT2D eigenvalue weighted by Crippen LogP contribution is -2.38. The summed E-state index contributed by atoms with van der Waals surface area (Å²) in [4.78, 5) is 9.28. The maximum Gasteiger partial charge on any atom is 0.128 e. The van der Waals surface area contributed by atoms with Crippen LogP contribution >= 0.6 is 0 Å². The van der Waals surface area contributed by atoms with Crippen LogP contribution in [0, 0.1) is 11.8 Å². The minimum atomic E-state index is 0.411. The van der Waals surface area contributed by atoms with E-state index in [1.54, 1.807) is 7.11 Å². The standard InChI is InChI=1S/C18H30N4O/c1-21(8-9-23-2)18-7-6-14(10-20-18)11-22-12-15-4-3-5-17(19)16(15)13-22/h6-7,10,15-17H,3-5,8-9,11-13,19H2,1-2H3. The first-order valence-corrected chi connectivity index (χ1v) is 8.80. The molecule has 23 heavy (non-hydrogen) atoms. The van der Waals surface area contributed by atoms with Gasteiger partial charge in [-0.1, -0.05) is 12.5 Å². The fraction of sp³-hybridized carbons (Fsp3) is 0.722. The molecule has 2 heterocycles. The SMILES string of the molecule is COCCN(C)c1ccc(CN2CC3CCCC(N)C3C2)cn1. The minimum Gasteiger partial charge on any atom is -0.383 e. The van der Waals surface area contributed by atoms with Crippen molar-refractivity contribution in [2.75, 3.05) is 45.3 Å². The van der Waals surface area contributed by atoms with Crippen molar-refractivity contribution < 1.29 is 4.74 Å². The number of ether oxygens (including phenoxy) is 1. The zero-order chi connectivity index (χ0) is 16.2. The molecule has 2 N–H and O–H groups in total. The summed E-state index contributed by atoms with van der Waals surface area (Å²) in [6, 6.07) is 4.72. The van der Waals surface area contributed by atoms with Crippen molar-refractivity contribution in [3.05, 3.63) is 23.9 Å². The van der Waals surface area contributed by atoms with Crippen LogP contribution in [0.25, 0.3) is 0 Å². The van der Waals surface area contributed by atoms with Crippen LogP contribution in [-0.4, -0.2) is 56.3 Å². The summed E-state index contributed by atoms with van der Waals surface area (Å²) in [5, 5.41) is 0. The van der Waals surface area contributed by atoms with Crippen molar-refractivity contribution in [3.63, 3.8) is 0 Å². The van der Waals surface area contributed by atoms with Crippen LogP contribution in [0.5, 0.6) is 0 Å². The molecule has 1 aromatic heterocycles. The number of rotatable bonds is 6. The highest BCUT2D eigenvalue weighted by Crippen LogP contribution is 2.36. The molecule has 0 spiro atoms. The molecular formula is C18H30N4O. The van der Waals surface area contributed by atoms with Gasteiger partial charge in [-0.15, -0.1) is 0 Å². The van der Waals surface area contributed by atoms with Crippen LogP contribution in [0.15, 0.2) is 18.3 Å². The number of nitrogens with zero attached hydrogens (tertiary/aromatic N) is 3. The number of methoxy groups -OCH3 is 1. The number of aromatic nitrogens is 1. The highest BCUT2D eigenvalue weighted by atomic mass is 16.5. The Balaban J connectivity index is 1.54. The smallest absolute Gasteiger partial charge is 0.128 e. The van der Waals surface area contributed by atoms with Crippen LogP contribution in [-0.2, 0) is 11.3 Å². The third-order valence-electron chi connectivity index (χ3n) is 5.47. The number of nitrogens with two attached hydrogens (primary N) is 1. The van der Waals surface area contributed by atoms with E-state index in [0.29, 0.717) is 12.0 Å². The normalized spacial score (nSPS) is 27.9. The van der Waals surface area contributed by atoms with Gasteiger partial charge in [0.15, 0.2) is 0 Å². The molecule has 1 aliphatic heterocycles. The van der Waals surface area contributed by atoms with Crippen molar-refractivity contribution in [2.24, 2.45) is 17.6 Å². The zero-order valence-electron chi connectivity index (χ0n) is 14.4. The van der Waals surface area contributed by atoms with Gasteiger partial charge in [-0.05, 0) is 36.3 Å². The molecule has 1 saturated heterocycles. The fourth-order valence-corrected chi connectivity index (χ4v) is 4.08. The van der Waals surface area contributed by atoms with E-state index < -0.39 is 0 Å². The summed E-state index contributed by atoms with van der Waals surface area (Å²) >= 11 is 0. The first-order valence-electron chi connectivity index (χ1n) is 8.80. The van der Waals surface area contributed by atoms with Crippen LogP contribution < -0.4 is 10.6 Å². The summed E-state index contributed by atoms with van der Waals surface area (Å²) < 4.78 is 5.12. The second-order valence-corrected chi connectivity index (χ2v) is 7.15. The van der Waals surface area contributed by atoms with Crippen LogP contribution in [0.2, 0.25) is 0 Å². The van der Waals surface area contributed by atoms with Crippen LogP contribution in [0.4, 0.5) is 5.82 Å². The van der Waals surface area contributed by atoms with E-state index in [9.17, 15) is 0 Å². The van der Waals surface area contributed by atoms with Crippen molar-refractivity contribution >= 4 is 5.82 Å². The largest absolute Gasteiger partial charge is 0.383 e. The third kappa shape index (κ3) is 4.03. The van der Waals surface area contributed by atoms with Gasteiger partial charge in [-0.25, -0.2) is 4.98 Å². The van der Waals surface area contributed by atoms with Crippen molar-refractivity contribution in [1.82, 2.24) is 9.88 Å². The molecule has 3 unspecified atom stereocenters. The second-order valence-electron chi connectivity index (χ2n) is 7.15. The van der Waals surface area contributed by atoms with Gasteiger partial charge in [0.2, 0.25) is 0 Å². The Morgan fingerprint density at radius 1 is 1.35 bits per heavy atom. The van der Waals surface area contributed by atoms with Gasteiger partial charge in [-0.2, -0.15) is 0 Å². The Kier molecular flexibility index (Phi) is 5.51. The first kappa shape index (κ1) is 16.7. The molecule has 0 aromatic carbocycles. The average Bonchev–Trinajstić information content (AvgIpc) is 2.97. The molecular weight excluding hydrogens is 288 g/mol. The summed E-state index contributed by atoms with van der Waals surface area (Å²) in [6.45, 7) is 4.93. The van der Waals surface area contributed by atoms with E-state index >= 15 is 0 Å². The number of anilines is 1. The molecule has 1 aromatic rings. The number of likely N-dealkylation sites (tertiary alicyclic amines) is 1. The summed E-state index contributed by atoms with van der Waals surface area (Å²) in [7, 11) is 3.78. The Bertz CT molecular complexity index is 492. The third-order valence-corrected chi connectivity index (χ3v) is 5.47. The zero-order valence-corrected chi connectivity index (χ0v) is 14.4. The number of hydrogen-bond acceptors (Lipinski definition) is 5. The molecule has 1 aliphatic carbocycles. The second kappa shape index (κ2) is 7.60. The summed E-state index contributed by atoms with van der Waals surface area (Å²) in [6.07, 6.45) is 5.89. The molecule has 5 nitrogen and oxygen atoms in total. The quantitative estimate of drug-likeness (QED) is 0.865. The monoisotopic (exact) mass is 318 g/mol. The predicted octanol–water partition coefficient (Wildman–Crippen LogP) is 1.72. The van der Waals surface area contributed by atoms with Gasteiger partial charge in [0, 0.05) is 52.6 Å². The average molecular weight is 318 g/mol.